The molecule has 1 heterocycles. The number of hydrogen-bond acceptors (Lipinski definition) is 4. The standard InChI is InChI=1S/C13H23N3O2/c1-5-7-8-9-16-12(10(3)4)11(14-15-16)13(17)18-6-2/h10H,5-9H2,1-4H3. The number of nitrogens with zero attached hydrogens (tertiary/aromatic N) is 3. The van der Waals surface area contributed by atoms with Gasteiger partial charge >= 0.3 is 5.97 Å². The molecule has 1 aromatic heterocycles. The van der Waals surface area contributed by atoms with E-state index < -0.39 is 0 Å². The maximum atomic E-state index is 11.8. The molecule has 0 amide bonds. The lowest BCUT2D eigenvalue weighted by molar-refractivity contribution is 0.0517. The SMILES string of the molecule is CCCCCn1nnc(C(=O)OCC)c1C(C)C. The van der Waals surface area contributed by atoms with E-state index in [9.17, 15) is 4.79 Å². The summed E-state index contributed by atoms with van der Waals surface area (Å²) in [5.41, 5.74) is 1.24. The highest BCUT2D eigenvalue weighted by Crippen LogP contribution is 2.19. The number of ether oxygens (including phenoxy) is 1. The molecule has 1 aromatic rings. The maximum absolute atomic E-state index is 11.8. The molecule has 0 bridgehead atoms. The van der Waals surface area contributed by atoms with E-state index in [0.717, 1.165) is 31.5 Å². The van der Waals surface area contributed by atoms with Gasteiger partial charge in [-0.1, -0.05) is 38.8 Å². The second kappa shape index (κ2) is 7.13. The minimum Gasteiger partial charge on any atom is -0.461 e. The van der Waals surface area contributed by atoms with Gasteiger partial charge in [0.15, 0.2) is 5.69 Å². The van der Waals surface area contributed by atoms with Crippen LogP contribution in [0.25, 0.3) is 0 Å². The molecule has 0 N–H and O–H groups in total. The Kier molecular flexibility index (Phi) is 5.82. The van der Waals surface area contributed by atoms with Crippen LogP contribution < -0.4 is 0 Å². The van der Waals surface area contributed by atoms with Crippen molar-refractivity contribution >= 4 is 5.97 Å². The van der Waals surface area contributed by atoms with Crippen LogP contribution in [0.1, 0.15) is 69.1 Å². The molecule has 1 rings (SSSR count). The number of aromatic nitrogens is 3. The number of esters is 1. The Morgan fingerprint density at radius 3 is 2.61 bits per heavy atom. The fraction of sp³-hybridized carbons (Fsp3) is 0.769. The first-order valence-electron chi connectivity index (χ1n) is 6.72. The molecule has 0 fully saturated rings. The lowest BCUT2D eigenvalue weighted by atomic mass is 10.1. The molecule has 0 aliphatic heterocycles. The third kappa shape index (κ3) is 3.55. The van der Waals surface area contributed by atoms with Crippen molar-refractivity contribution in [2.24, 2.45) is 0 Å². The topological polar surface area (TPSA) is 57.0 Å². The zero-order valence-electron chi connectivity index (χ0n) is 11.8. The molecule has 102 valence electrons. The van der Waals surface area contributed by atoms with E-state index in [1.165, 1.54) is 0 Å². The van der Waals surface area contributed by atoms with Crippen molar-refractivity contribution in [1.29, 1.82) is 0 Å². The van der Waals surface area contributed by atoms with Crippen molar-refractivity contribution in [1.82, 2.24) is 15.0 Å². The van der Waals surface area contributed by atoms with Gasteiger partial charge in [-0.2, -0.15) is 0 Å². The third-order valence-corrected chi connectivity index (χ3v) is 2.76. The average Bonchev–Trinajstić information content (AvgIpc) is 2.74. The molecule has 5 heteroatoms. The second-order valence-corrected chi connectivity index (χ2v) is 4.63. The summed E-state index contributed by atoms with van der Waals surface area (Å²) in [5, 5.41) is 8.05. The summed E-state index contributed by atoms with van der Waals surface area (Å²) in [6.45, 7) is 9.20. The number of unbranched alkanes of at least 4 members (excludes halogenated alkanes) is 2. The number of rotatable bonds is 7. The van der Waals surface area contributed by atoms with Gasteiger partial charge in [0.1, 0.15) is 0 Å². The molecular formula is C13H23N3O2. The van der Waals surface area contributed by atoms with Gasteiger partial charge in [0.2, 0.25) is 0 Å². The predicted molar refractivity (Wildman–Crippen MR) is 69.6 cm³/mol. The summed E-state index contributed by atoms with van der Waals surface area (Å²) in [7, 11) is 0. The van der Waals surface area contributed by atoms with E-state index in [1.807, 2.05) is 18.5 Å². The van der Waals surface area contributed by atoms with E-state index >= 15 is 0 Å². The minimum absolute atomic E-state index is 0.209. The van der Waals surface area contributed by atoms with E-state index in [1.54, 1.807) is 6.92 Å². The summed E-state index contributed by atoms with van der Waals surface area (Å²) >= 11 is 0. The first-order chi connectivity index (χ1) is 8.61. The van der Waals surface area contributed by atoms with Crippen molar-refractivity contribution in [3.8, 4) is 0 Å². The third-order valence-electron chi connectivity index (χ3n) is 2.76. The molecule has 0 spiro atoms. The van der Waals surface area contributed by atoms with Crippen molar-refractivity contribution in [2.75, 3.05) is 6.61 Å². The van der Waals surface area contributed by atoms with E-state index in [-0.39, 0.29) is 11.9 Å². The fourth-order valence-corrected chi connectivity index (χ4v) is 1.91. The second-order valence-electron chi connectivity index (χ2n) is 4.63. The molecule has 0 atom stereocenters. The number of carbonyl (C=O) groups excluding carboxylic acids is 1. The van der Waals surface area contributed by atoms with Crippen LogP contribution in [0.5, 0.6) is 0 Å². The van der Waals surface area contributed by atoms with Gasteiger partial charge in [-0.25, -0.2) is 9.48 Å². The van der Waals surface area contributed by atoms with Crippen molar-refractivity contribution in [3.63, 3.8) is 0 Å². The van der Waals surface area contributed by atoms with Crippen LogP contribution in [0, 0.1) is 0 Å². The average molecular weight is 253 g/mol. The molecule has 0 aliphatic rings. The van der Waals surface area contributed by atoms with Crippen molar-refractivity contribution in [3.05, 3.63) is 11.4 Å². The number of carbonyl (C=O) groups is 1. The zero-order valence-corrected chi connectivity index (χ0v) is 11.8. The summed E-state index contributed by atoms with van der Waals surface area (Å²) in [6, 6.07) is 0. The summed E-state index contributed by atoms with van der Waals surface area (Å²) in [4.78, 5) is 11.8. The van der Waals surface area contributed by atoms with Crippen LogP contribution in [0.3, 0.4) is 0 Å². The van der Waals surface area contributed by atoms with E-state index in [0.29, 0.717) is 12.3 Å². The molecule has 0 radical (unpaired) electrons. The van der Waals surface area contributed by atoms with Crippen molar-refractivity contribution < 1.29 is 9.53 Å². The van der Waals surface area contributed by atoms with Crippen LogP contribution in [0.2, 0.25) is 0 Å². The highest BCUT2D eigenvalue weighted by molar-refractivity contribution is 5.88. The monoisotopic (exact) mass is 253 g/mol. The summed E-state index contributed by atoms with van der Waals surface area (Å²) < 4.78 is 6.84. The Hall–Kier alpha value is -1.39. The molecule has 0 aromatic carbocycles. The fourth-order valence-electron chi connectivity index (χ4n) is 1.91. The van der Waals surface area contributed by atoms with Crippen LogP contribution in [0.15, 0.2) is 0 Å². The molecular weight excluding hydrogens is 230 g/mol. The molecule has 0 saturated carbocycles. The van der Waals surface area contributed by atoms with Gasteiger partial charge in [0.05, 0.1) is 12.3 Å². The van der Waals surface area contributed by atoms with Gasteiger partial charge in [-0.05, 0) is 19.3 Å². The van der Waals surface area contributed by atoms with Crippen molar-refractivity contribution in [2.45, 2.75) is 59.4 Å². The number of aryl methyl sites for hydroxylation is 1. The van der Waals surface area contributed by atoms with Crippen LogP contribution in [-0.2, 0) is 11.3 Å². The first-order valence-corrected chi connectivity index (χ1v) is 6.72. The van der Waals surface area contributed by atoms with Gasteiger partial charge in [-0.3, -0.25) is 0 Å². The maximum Gasteiger partial charge on any atom is 0.360 e. The van der Waals surface area contributed by atoms with Gasteiger partial charge in [-0.15, -0.1) is 5.10 Å². The molecule has 0 unspecified atom stereocenters. The zero-order chi connectivity index (χ0) is 13.5. The molecule has 18 heavy (non-hydrogen) atoms. The Bertz CT molecular complexity index is 386. The van der Waals surface area contributed by atoms with Crippen LogP contribution >= 0.6 is 0 Å². The summed E-state index contributed by atoms with van der Waals surface area (Å²) in [5.74, 6) is -0.163. The highest BCUT2D eigenvalue weighted by Gasteiger charge is 2.22. The molecule has 5 nitrogen and oxygen atoms in total. The largest absolute Gasteiger partial charge is 0.461 e. The Morgan fingerprint density at radius 1 is 1.33 bits per heavy atom. The lowest BCUT2D eigenvalue weighted by Gasteiger charge is -2.10. The smallest absolute Gasteiger partial charge is 0.360 e. The Balaban J connectivity index is 2.88. The predicted octanol–water partition coefficient (Wildman–Crippen LogP) is 2.77. The Labute approximate surface area is 109 Å². The van der Waals surface area contributed by atoms with Gasteiger partial charge in [0, 0.05) is 6.54 Å². The van der Waals surface area contributed by atoms with Gasteiger partial charge < -0.3 is 4.74 Å². The Morgan fingerprint density at radius 2 is 2.06 bits per heavy atom. The van der Waals surface area contributed by atoms with Crippen LogP contribution in [-0.4, -0.2) is 27.6 Å². The summed E-state index contributed by atoms with van der Waals surface area (Å²) in [6.07, 6.45) is 3.38. The molecule has 0 aliphatic carbocycles. The lowest BCUT2D eigenvalue weighted by Crippen LogP contribution is -2.12. The highest BCUT2D eigenvalue weighted by atomic mass is 16.5. The minimum atomic E-state index is -0.372. The quantitative estimate of drug-likeness (QED) is 0.554. The van der Waals surface area contributed by atoms with Gasteiger partial charge in [0.25, 0.3) is 0 Å². The van der Waals surface area contributed by atoms with E-state index in [4.69, 9.17) is 4.74 Å². The first kappa shape index (κ1) is 14.7. The normalized spacial score (nSPS) is 10.9. The number of hydrogen-bond donors (Lipinski definition) is 0. The molecule has 0 saturated heterocycles. The van der Waals surface area contributed by atoms with E-state index in [2.05, 4.69) is 17.2 Å². The van der Waals surface area contributed by atoms with Crippen LogP contribution in [0.4, 0.5) is 0 Å².